The molecule has 1 atom stereocenters. The molecular weight excluding hydrogens is 270 g/mol. The Morgan fingerprint density at radius 1 is 1.32 bits per heavy atom. The first kappa shape index (κ1) is 13.5. The van der Waals surface area contributed by atoms with Gasteiger partial charge in [0.15, 0.2) is 0 Å². The monoisotopic (exact) mass is 283 g/mol. The van der Waals surface area contributed by atoms with Crippen molar-refractivity contribution in [3.8, 4) is 0 Å². The summed E-state index contributed by atoms with van der Waals surface area (Å²) < 4.78 is 18.0. The molecule has 0 radical (unpaired) electrons. The van der Waals surface area contributed by atoms with Gasteiger partial charge >= 0.3 is 11.9 Å². The number of ether oxygens (including phenoxy) is 1. The van der Waals surface area contributed by atoms with Gasteiger partial charge in [-0.2, -0.15) is 0 Å². The number of carboxylic acids is 1. The van der Waals surface area contributed by atoms with Gasteiger partial charge in [0.05, 0.1) is 23.9 Å². The topological polar surface area (TPSA) is 83.9 Å². The summed E-state index contributed by atoms with van der Waals surface area (Å²) in [6.45, 7) is 0.580. The van der Waals surface area contributed by atoms with Crippen molar-refractivity contribution in [1.82, 2.24) is 0 Å². The molecule has 1 N–H and O–H groups in total. The number of benzene rings is 1. The maximum atomic E-state index is 11.8. The molecular formula is C12H13NO5S. The Morgan fingerprint density at radius 2 is 2.00 bits per heavy atom. The van der Waals surface area contributed by atoms with Gasteiger partial charge in [-0.3, -0.25) is 4.31 Å². The second-order valence-electron chi connectivity index (χ2n) is 4.05. The lowest BCUT2D eigenvalue weighted by molar-refractivity contribution is 0.0600. The zero-order valence-corrected chi connectivity index (χ0v) is 11.1. The number of carbonyl (C=O) groups excluding carboxylic acids is 1. The van der Waals surface area contributed by atoms with Crippen LogP contribution >= 0.6 is 0 Å². The van der Waals surface area contributed by atoms with Crippen LogP contribution in [0.15, 0.2) is 18.2 Å². The van der Waals surface area contributed by atoms with E-state index in [2.05, 4.69) is 4.74 Å². The molecule has 1 fully saturated rings. The van der Waals surface area contributed by atoms with Gasteiger partial charge < -0.3 is 9.84 Å². The van der Waals surface area contributed by atoms with Crippen molar-refractivity contribution >= 4 is 28.6 Å². The number of methoxy groups -OCH3 is 1. The molecule has 19 heavy (non-hydrogen) atoms. The van der Waals surface area contributed by atoms with Crippen LogP contribution in [0.1, 0.15) is 27.1 Å². The summed E-state index contributed by atoms with van der Waals surface area (Å²) in [7, 11) is 0.0574. The van der Waals surface area contributed by atoms with Crippen molar-refractivity contribution in [2.45, 2.75) is 6.42 Å². The molecule has 0 bridgehead atoms. The molecule has 1 aromatic rings. The van der Waals surface area contributed by atoms with Gasteiger partial charge in [-0.25, -0.2) is 13.8 Å². The number of hydrogen-bond acceptors (Lipinski definition) is 4. The minimum absolute atomic E-state index is 0.0261. The zero-order valence-electron chi connectivity index (χ0n) is 10.3. The summed E-state index contributed by atoms with van der Waals surface area (Å²) in [6.07, 6.45) is 0.775. The summed E-state index contributed by atoms with van der Waals surface area (Å²) in [6, 6.07) is 4.16. The highest BCUT2D eigenvalue weighted by molar-refractivity contribution is 7.86. The van der Waals surface area contributed by atoms with E-state index in [-0.39, 0.29) is 11.1 Å². The molecule has 0 saturated carbocycles. The van der Waals surface area contributed by atoms with Crippen LogP contribution in [0.3, 0.4) is 0 Å². The lowest BCUT2D eigenvalue weighted by Crippen LogP contribution is -2.20. The fourth-order valence-corrected chi connectivity index (χ4v) is 3.17. The molecule has 102 valence electrons. The minimum Gasteiger partial charge on any atom is -0.478 e. The predicted octanol–water partition coefficient (Wildman–Crippen LogP) is 1.05. The molecule has 0 amide bonds. The Balaban J connectivity index is 2.48. The van der Waals surface area contributed by atoms with E-state index in [0.717, 1.165) is 6.42 Å². The van der Waals surface area contributed by atoms with Crippen molar-refractivity contribution < 1.29 is 23.6 Å². The van der Waals surface area contributed by atoms with Gasteiger partial charge in [0, 0.05) is 12.3 Å². The number of esters is 1. The van der Waals surface area contributed by atoms with E-state index >= 15 is 0 Å². The normalized spacial score (nSPS) is 18.4. The number of aromatic carboxylic acids is 1. The van der Waals surface area contributed by atoms with Crippen molar-refractivity contribution in [3.05, 3.63) is 29.3 Å². The Hall–Kier alpha value is -1.89. The zero-order chi connectivity index (χ0) is 14.0. The largest absolute Gasteiger partial charge is 0.478 e. The molecule has 6 nitrogen and oxygen atoms in total. The standard InChI is InChI=1S/C12H13NO5S/c1-18-12(16)9-5-8(11(14)15)6-10(7-9)13-3-2-4-19(13)17/h5-7H,2-4H2,1H3,(H,14,15). The maximum absolute atomic E-state index is 11.8. The Bertz CT molecular complexity index is 557. The third-order valence-electron chi connectivity index (χ3n) is 2.80. The molecule has 0 aromatic heterocycles. The second kappa shape index (κ2) is 5.40. The van der Waals surface area contributed by atoms with E-state index in [1.54, 1.807) is 4.31 Å². The Morgan fingerprint density at radius 3 is 2.53 bits per heavy atom. The molecule has 1 heterocycles. The second-order valence-corrected chi connectivity index (χ2v) is 5.54. The third-order valence-corrected chi connectivity index (χ3v) is 4.32. The predicted molar refractivity (Wildman–Crippen MR) is 69.7 cm³/mol. The van der Waals surface area contributed by atoms with Gasteiger partial charge in [-0.05, 0) is 24.6 Å². The van der Waals surface area contributed by atoms with Crippen LogP contribution in [0.25, 0.3) is 0 Å². The number of carboxylic acid groups (broad SMARTS) is 1. The number of carbonyl (C=O) groups is 2. The highest BCUT2D eigenvalue weighted by Crippen LogP contribution is 2.25. The maximum Gasteiger partial charge on any atom is 0.337 e. The lowest BCUT2D eigenvalue weighted by Gasteiger charge is -2.17. The average Bonchev–Trinajstić information content (AvgIpc) is 2.83. The van der Waals surface area contributed by atoms with Gasteiger partial charge in [0.25, 0.3) is 0 Å². The quantitative estimate of drug-likeness (QED) is 0.838. The number of hydrogen-bond donors (Lipinski definition) is 1. The first-order valence-electron chi connectivity index (χ1n) is 5.65. The van der Waals surface area contributed by atoms with Gasteiger partial charge in [0.1, 0.15) is 11.0 Å². The Labute approximate surface area is 112 Å². The van der Waals surface area contributed by atoms with Crippen LogP contribution in [0.5, 0.6) is 0 Å². The van der Waals surface area contributed by atoms with E-state index in [0.29, 0.717) is 18.0 Å². The fourth-order valence-electron chi connectivity index (χ4n) is 1.90. The van der Waals surface area contributed by atoms with Gasteiger partial charge in [-0.15, -0.1) is 0 Å². The van der Waals surface area contributed by atoms with Crippen molar-refractivity contribution in [1.29, 1.82) is 0 Å². The van der Waals surface area contributed by atoms with Gasteiger partial charge in [0.2, 0.25) is 0 Å². The molecule has 1 unspecified atom stereocenters. The van der Waals surface area contributed by atoms with Crippen molar-refractivity contribution in [2.24, 2.45) is 0 Å². The van der Waals surface area contributed by atoms with Crippen LogP contribution in [0.4, 0.5) is 5.69 Å². The molecule has 1 aliphatic rings. The minimum atomic E-state index is -1.17. The van der Waals surface area contributed by atoms with Crippen LogP contribution in [-0.4, -0.2) is 40.7 Å². The Kier molecular flexibility index (Phi) is 3.84. The van der Waals surface area contributed by atoms with E-state index in [4.69, 9.17) is 5.11 Å². The molecule has 2 rings (SSSR count). The smallest absolute Gasteiger partial charge is 0.337 e. The number of anilines is 1. The van der Waals surface area contributed by atoms with Crippen molar-refractivity contribution in [2.75, 3.05) is 23.7 Å². The summed E-state index contributed by atoms with van der Waals surface area (Å²) in [5, 5.41) is 9.05. The molecule has 0 aliphatic carbocycles. The van der Waals surface area contributed by atoms with Crippen LogP contribution in [0.2, 0.25) is 0 Å². The van der Waals surface area contributed by atoms with Crippen molar-refractivity contribution in [3.63, 3.8) is 0 Å². The van der Waals surface area contributed by atoms with Crippen LogP contribution in [0, 0.1) is 0 Å². The number of rotatable bonds is 3. The van der Waals surface area contributed by atoms with E-state index in [1.165, 1.54) is 25.3 Å². The van der Waals surface area contributed by atoms with E-state index < -0.39 is 22.9 Å². The molecule has 0 spiro atoms. The van der Waals surface area contributed by atoms with E-state index in [9.17, 15) is 13.8 Å². The molecule has 7 heteroatoms. The first-order chi connectivity index (χ1) is 9.02. The summed E-state index contributed by atoms with van der Waals surface area (Å²) >= 11 is 0. The molecule has 1 saturated heterocycles. The first-order valence-corrected chi connectivity index (χ1v) is 6.93. The highest BCUT2D eigenvalue weighted by atomic mass is 32.2. The van der Waals surface area contributed by atoms with Gasteiger partial charge in [-0.1, -0.05) is 0 Å². The summed E-state index contributed by atoms with van der Waals surface area (Å²) in [5.41, 5.74) is 0.583. The van der Waals surface area contributed by atoms with Crippen LogP contribution < -0.4 is 4.31 Å². The third kappa shape index (κ3) is 2.76. The fraction of sp³-hybridized carbons (Fsp3) is 0.333. The molecule has 1 aromatic carbocycles. The highest BCUT2D eigenvalue weighted by Gasteiger charge is 2.23. The molecule has 1 aliphatic heterocycles. The summed E-state index contributed by atoms with van der Waals surface area (Å²) in [4.78, 5) is 22.6. The van der Waals surface area contributed by atoms with E-state index in [1.807, 2.05) is 0 Å². The SMILES string of the molecule is COC(=O)c1cc(C(=O)O)cc(N2CCCS2=O)c1. The number of nitrogens with zero attached hydrogens (tertiary/aromatic N) is 1. The lowest BCUT2D eigenvalue weighted by atomic mass is 10.1. The summed E-state index contributed by atoms with van der Waals surface area (Å²) in [5.74, 6) is -1.21. The van der Waals surface area contributed by atoms with Crippen LogP contribution in [-0.2, 0) is 15.7 Å². The average molecular weight is 283 g/mol.